The number of nitrogens with one attached hydrogen (secondary N) is 1. The molecule has 1 aromatic heterocycles. The molecule has 1 amide bonds. The summed E-state index contributed by atoms with van der Waals surface area (Å²) < 4.78 is 4.61. The first-order valence-corrected chi connectivity index (χ1v) is 8.64. The number of anilines is 1. The molecule has 0 aliphatic rings. The summed E-state index contributed by atoms with van der Waals surface area (Å²) in [6, 6.07) is 10.0. The van der Waals surface area contributed by atoms with Gasteiger partial charge in [-0.15, -0.1) is 0 Å². The van der Waals surface area contributed by atoms with Crippen LogP contribution in [0.25, 0.3) is 22.0 Å². The third-order valence-electron chi connectivity index (χ3n) is 4.16. The lowest BCUT2D eigenvalue weighted by molar-refractivity contribution is -0.121. The number of nitrogens with two attached hydrogens (primary N) is 1. The molecular weight excluding hydrogens is 359 g/mol. The minimum Gasteiger partial charge on any atom is -0.508 e. The van der Waals surface area contributed by atoms with Gasteiger partial charge in [0.05, 0.1) is 17.4 Å². The SMILES string of the molecule is CC(C)NC(=O)c1ccc(B(O)OC=O)cc1-c1ccc2c(N)cnnc2c1. The molecule has 8 nitrogen and oxygen atoms in total. The molecule has 0 spiro atoms. The van der Waals surface area contributed by atoms with E-state index >= 15 is 0 Å². The van der Waals surface area contributed by atoms with Crippen LogP contribution in [0.2, 0.25) is 0 Å². The third kappa shape index (κ3) is 3.94. The molecule has 0 fully saturated rings. The molecule has 4 N–H and O–H groups in total. The number of amides is 1. The van der Waals surface area contributed by atoms with Gasteiger partial charge in [0.1, 0.15) is 0 Å². The van der Waals surface area contributed by atoms with Gasteiger partial charge in [-0.3, -0.25) is 9.59 Å². The molecule has 0 aliphatic carbocycles. The van der Waals surface area contributed by atoms with Crippen LogP contribution >= 0.6 is 0 Å². The highest BCUT2D eigenvalue weighted by Crippen LogP contribution is 2.28. The zero-order valence-electron chi connectivity index (χ0n) is 15.4. The first kappa shape index (κ1) is 19.3. The van der Waals surface area contributed by atoms with Gasteiger partial charge in [0.25, 0.3) is 12.4 Å². The molecular formula is C19H19BN4O4. The van der Waals surface area contributed by atoms with Crippen molar-refractivity contribution in [2.45, 2.75) is 19.9 Å². The maximum atomic E-state index is 12.7. The third-order valence-corrected chi connectivity index (χ3v) is 4.16. The average molecular weight is 378 g/mol. The number of carbonyl (C=O) groups excluding carboxylic acids is 2. The van der Waals surface area contributed by atoms with Gasteiger partial charge in [-0.2, -0.15) is 10.2 Å². The number of benzene rings is 2. The van der Waals surface area contributed by atoms with E-state index in [0.29, 0.717) is 33.4 Å². The van der Waals surface area contributed by atoms with Crippen LogP contribution in [0.3, 0.4) is 0 Å². The first-order valence-electron chi connectivity index (χ1n) is 8.64. The number of nitrogens with zero attached hydrogens (tertiary/aromatic N) is 2. The summed E-state index contributed by atoms with van der Waals surface area (Å²) in [5, 5.41) is 21.5. The topological polar surface area (TPSA) is 127 Å². The van der Waals surface area contributed by atoms with Gasteiger partial charge < -0.3 is 20.7 Å². The summed E-state index contributed by atoms with van der Waals surface area (Å²) in [5.74, 6) is -0.263. The molecule has 1 heterocycles. The van der Waals surface area contributed by atoms with Crippen molar-refractivity contribution in [1.29, 1.82) is 0 Å². The Hall–Kier alpha value is -3.46. The van der Waals surface area contributed by atoms with Crippen LogP contribution < -0.4 is 16.5 Å². The van der Waals surface area contributed by atoms with Crippen molar-refractivity contribution >= 4 is 41.6 Å². The van der Waals surface area contributed by atoms with Gasteiger partial charge >= 0.3 is 7.12 Å². The molecule has 2 aromatic carbocycles. The highest BCUT2D eigenvalue weighted by atomic mass is 16.5. The van der Waals surface area contributed by atoms with Crippen molar-refractivity contribution in [3.8, 4) is 11.1 Å². The quantitative estimate of drug-likeness (QED) is 0.429. The van der Waals surface area contributed by atoms with Crippen LogP contribution in [0.5, 0.6) is 0 Å². The van der Waals surface area contributed by atoms with Crippen LogP contribution in [-0.2, 0) is 9.45 Å². The average Bonchev–Trinajstić information content (AvgIpc) is 2.67. The fourth-order valence-electron chi connectivity index (χ4n) is 2.87. The van der Waals surface area contributed by atoms with E-state index < -0.39 is 7.12 Å². The molecule has 28 heavy (non-hydrogen) atoms. The minimum atomic E-state index is -1.44. The van der Waals surface area contributed by atoms with E-state index in [0.717, 1.165) is 5.39 Å². The van der Waals surface area contributed by atoms with E-state index in [1.54, 1.807) is 30.3 Å². The van der Waals surface area contributed by atoms with E-state index in [1.807, 2.05) is 13.8 Å². The highest BCUT2D eigenvalue weighted by Gasteiger charge is 2.22. The van der Waals surface area contributed by atoms with E-state index in [1.165, 1.54) is 12.3 Å². The Bertz CT molecular complexity index is 1040. The van der Waals surface area contributed by atoms with Crippen molar-refractivity contribution in [3.05, 3.63) is 48.2 Å². The van der Waals surface area contributed by atoms with Gasteiger partial charge in [-0.05, 0) is 48.6 Å². The van der Waals surface area contributed by atoms with Crippen molar-refractivity contribution in [3.63, 3.8) is 0 Å². The monoisotopic (exact) mass is 378 g/mol. The summed E-state index contributed by atoms with van der Waals surface area (Å²) in [5.41, 5.74) is 8.97. The Morgan fingerprint density at radius 1 is 1.29 bits per heavy atom. The largest absolute Gasteiger partial charge is 0.561 e. The molecule has 3 aromatic rings. The molecule has 0 atom stereocenters. The predicted octanol–water partition coefficient (Wildman–Crippen LogP) is 0.878. The maximum Gasteiger partial charge on any atom is 0.561 e. The molecule has 3 rings (SSSR count). The Morgan fingerprint density at radius 3 is 2.79 bits per heavy atom. The van der Waals surface area contributed by atoms with E-state index in [4.69, 9.17) is 5.73 Å². The summed E-state index contributed by atoms with van der Waals surface area (Å²) in [7, 11) is -1.44. The number of hydrogen-bond acceptors (Lipinski definition) is 7. The molecule has 0 saturated carbocycles. The fraction of sp³-hybridized carbons (Fsp3) is 0.158. The van der Waals surface area contributed by atoms with Crippen molar-refractivity contribution in [2.24, 2.45) is 0 Å². The van der Waals surface area contributed by atoms with Crippen LogP contribution in [0.4, 0.5) is 5.69 Å². The second kappa shape index (κ2) is 8.05. The first-order chi connectivity index (χ1) is 13.4. The van der Waals surface area contributed by atoms with Crippen LogP contribution in [0.15, 0.2) is 42.6 Å². The lowest BCUT2D eigenvalue weighted by Crippen LogP contribution is -2.35. The Kier molecular flexibility index (Phi) is 5.56. The number of fused-ring (bicyclic) bond motifs is 1. The second-order valence-corrected chi connectivity index (χ2v) is 6.55. The summed E-state index contributed by atoms with van der Waals surface area (Å²) in [6.07, 6.45) is 1.47. The van der Waals surface area contributed by atoms with Crippen molar-refractivity contribution in [1.82, 2.24) is 15.5 Å². The molecule has 9 heteroatoms. The van der Waals surface area contributed by atoms with Gasteiger partial charge in [0.2, 0.25) is 0 Å². The summed E-state index contributed by atoms with van der Waals surface area (Å²) in [4.78, 5) is 23.2. The predicted molar refractivity (Wildman–Crippen MR) is 107 cm³/mol. The van der Waals surface area contributed by atoms with Crippen LogP contribution in [-0.4, -0.2) is 40.8 Å². The highest BCUT2D eigenvalue weighted by molar-refractivity contribution is 6.61. The van der Waals surface area contributed by atoms with Gasteiger partial charge in [0, 0.05) is 17.0 Å². The van der Waals surface area contributed by atoms with E-state index in [2.05, 4.69) is 20.2 Å². The Balaban J connectivity index is 2.16. The number of carbonyl (C=O) groups is 2. The minimum absolute atomic E-state index is 0.0497. The maximum absolute atomic E-state index is 12.7. The van der Waals surface area contributed by atoms with Gasteiger partial charge in [-0.25, -0.2) is 0 Å². The molecule has 0 unspecified atom stereocenters. The van der Waals surface area contributed by atoms with E-state index in [9.17, 15) is 14.6 Å². The molecule has 0 radical (unpaired) electrons. The van der Waals surface area contributed by atoms with Crippen molar-refractivity contribution < 1.29 is 19.3 Å². The molecule has 0 aliphatic heterocycles. The standard InChI is InChI=1S/C19H19BN4O4/c1-11(2)23-19(26)14-6-4-13(20(27)28-10-25)8-16(14)12-3-5-15-17(21)9-22-24-18(15)7-12/h3-11,27H,1-2H3,(H2,21,24)(H,23,26). The summed E-state index contributed by atoms with van der Waals surface area (Å²) in [6.45, 7) is 3.89. The molecule has 0 saturated heterocycles. The van der Waals surface area contributed by atoms with E-state index in [-0.39, 0.29) is 18.4 Å². The zero-order valence-corrected chi connectivity index (χ0v) is 15.4. The summed E-state index contributed by atoms with van der Waals surface area (Å²) >= 11 is 0. The van der Waals surface area contributed by atoms with Crippen LogP contribution in [0.1, 0.15) is 24.2 Å². The van der Waals surface area contributed by atoms with Crippen LogP contribution in [0, 0.1) is 0 Å². The Labute approximate surface area is 161 Å². The number of aromatic nitrogens is 2. The normalized spacial score (nSPS) is 10.7. The Morgan fingerprint density at radius 2 is 2.07 bits per heavy atom. The number of nitrogen functional groups attached to an aromatic ring is 1. The van der Waals surface area contributed by atoms with Crippen molar-refractivity contribution in [2.75, 3.05) is 5.73 Å². The molecule has 0 bridgehead atoms. The zero-order chi connectivity index (χ0) is 20.3. The second-order valence-electron chi connectivity index (χ2n) is 6.55. The number of rotatable bonds is 6. The number of hydrogen-bond donors (Lipinski definition) is 3. The lowest BCUT2D eigenvalue weighted by Gasteiger charge is -2.15. The van der Waals surface area contributed by atoms with Gasteiger partial charge in [-0.1, -0.05) is 18.2 Å². The lowest BCUT2D eigenvalue weighted by atomic mass is 9.77. The molecule has 142 valence electrons. The smallest absolute Gasteiger partial charge is 0.508 e. The fourth-order valence-corrected chi connectivity index (χ4v) is 2.87. The van der Waals surface area contributed by atoms with Gasteiger partial charge in [0.15, 0.2) is 0 Å².